The van der Waals surface area contributed by atoms with Gasteiger partial charge in [0.15, 0.2) is 0 Å². The number of nitrogens with one attached hydrogen (secondary N) is 1. The van der Waals surface area contributed by atoms with E-state index in [2.05, 4.69) is 10.3 Å². The van der Waals surface area contributed by atoms with Gasteiger partial charge in [-0.2, -0.15) is 0 Å². The molecule has 0 aliphatic carbocycles. The van der Waals surface area contributed by atoms with Crippen LogP contribution in [0.3, 0.4) is 0 Å². The monoisotopic (exact) mass is 287 g/mol. The number of hydrogen-bond donors (Lipinski definition) is 1. The minimum atomic E-state index is -3.06. The van der Waals surface area contributed by atoms with Crippen molar-refractivity contribution in [2.75, 3.05) is 31.2 Å². The molecule has 1 saturated heterocycles. The summed E-state index contributed by atoms with van der Waals surface area (Å²) in [4.78, 5) is 3.92. The van der Waals surface area contributed by atoms with E-state index >= 15 is 0 Å². The van der Waals surface area contributed by atoms with Crippen LogP contribution in [0.15, 0.2) is 18.3 Å². The van der Waals surface area contributed by atoms with Crippen LogP contribution >= 0.6 is 0 Å². The predicted octanol–water partition coefficient (Wildman–Crippen LogP) is 1.30. The summed E-state index contributed by atoms with van der Waals surface area (Å²) in [5.74, 6) is 0.712. The molecule has 0 aromatic carbocycles. The second kappa shape index (κ2) is 5.83. The quantitative estimate of drug-likeness (QED) is 0.907. The van der Waals surface area contributed by atoms with Gasteiger partial charge in [-0.15, -0.1) is 0 Å². The zero-order chi connectivity index (χ0) is 13.9. The Morgan fingerprint density at radius 2 is 2.11 bits per heavy atom. The van der Waals surface area contributed by atoms with E-state index in [4.69, 9.17) is 0 Å². The molecule has 1 aromatic rings. The smallest absolute Gasteiger partial charge is 0.211 e. The molecule has 7 heteroatoms. The largest absolute Gasteiger partial charge is 0.370 e. The second-order valence-corrected chi connectivity index (χ2v) is 6.83. The van der Waals surface area contributed by atoms with E-state index in [1.54, 1.807) is 6.07 Å². The maximum Gasteiger partial charge on any atom is 0.211 e. The number of nitrogens with zero attached hydrogens (tertiary/aromatic N) is 2. The SMILES string of the molecule is CS(=O)(=O)N1CCC(CNc2ccc(F)cn2)CC1. The van der Waals surface area contributed by atoms with Crippen LogP contribution in [0.5, 0.6) is 0 Å². The number of aromatic nitrogens is 1. The van der Waals surface area contributed by atoms with E-state index in [0.29, 0.717) is 24.8 Å². The summed E-state index contributed by atoms with van der Waals surface area (Å²) in [6, 6.07) is 2.96. The molecule has 0 saturated carbocycles. The minimum absolute atomic E-state index is 0.355. The first-order chi connectivity index (χ1) is 8.95. The maximum atomic E-state index is 12.7. The highest BCUT2D eigenvalue weighted by Crippen LogP contribution is 2.19. The lowest BCUT2D eigenvalue weighted by Crippen LogP contribution is -2.39. The molecule has 106 valence electrons. The third-order valence-corrected chi connectivity index (χ3v) is 4.64. The fourth-order valence-electron chi connectivity index (χ4n) is 2.17. The fourth-order valence-corrected chi connectivity index (χ4v) is 3.05. The molecular formula is C12H18FN3O2S. The Labute approximate surface area is 112 Å². The summed E-state index contributed by atoms with van der Waals surface area (Å²) < 4.78 is 36.9. The van der Waals surface area contributed by atoms with Crippen LogP contribution in [0.2, 0.25) is 0 Å². The Kier molecular flexibility index (Phi) is 4.36. The molecule has 19 heavy (non-hydrogen) atoms. The van der Waals surface area contributed by atoms with Crippen molar-refractivity contribution < 1.29 is 12.8 Å². The zero-order valence-corrected chi connectivity index (χ0v) is 11.7. The van der Waals surface area contributed by atoms with Crippen LogP contribution in [-0.4, -0.2) is 43.6 Å². The lowest BCUT2D eigenvalue weighted by molar-refractivity contribution is 0.283. The number of pyridine rings is 1. The number of rotatable bonds is 4. The Morgan fingerprint density at radius 1 is 1.42 bits per heavy atom. The van der Waals surface area contributed by atoms with Crippen LogP contribution in [0.4, 0.5) is 10.2 Å². The van der Waals surface area contributed by atoms with Gasteiger partial charge in [0.2, 0.25) is 10.0 Å². The first-order valence-electron chi connectivity index (χ1n) is 6.26. The molecule has 0 unspecified atom stereocenters. The van der Waals surface area contributed by atoms with Crippen molar-refractivity contribution in [1.82, 2.24) is 9.29 Å². The predicted molar refractivity (Wildman–Crippen MR) is 71.8 cm³/mol. The normalized spacial score (nSPS) is 18.4. The average molecular weight is 287 g/mol. The average Bonchev–Trinajstić information content (AvgIpc) is 2.37. The van der Waals surface area contributed by atoms with Gasteiger partial charge in [-0.1, -0.05) is 0 Å². The summed E-state index contributed by atoms with van der Waals surface area (Å²) in [5.41, 5.74) is 0. The molecule has 1 aromatic heterocycles. The van der Waals surface area contributed by atoms with E-state index in [1.807, 2.05) is 0 Å². The molecule has 0 radical (unpaired) electrons. The van der Waals surface area contributed by atoms with Gasteiger partial charge < -0.3 is 5.32 Å². The van der Waals surface area contributed by atoms with Crippen LogP contribution in [0, 0.1) is 11.7 Å². The Bertz CT molecular complexity index is 510. The highest BCUT2D eigenvalue weighted by molar-refractivity contribution is 7.88. The minimum Gasteiger partial charge on any atom is -0.370 e. The number of anilines is 1. The van der Waals surface area contributed by atoms with Gasteiger partial charge in [0.1, 0.15) is 11.6 Å². The van der Waals surface area contributed by atoms with Crippen molar-refractivity contribution in [3.8, 4) is 0 Å². The Balaban J connectivity index is 1.78. The molecule has 0 spiro atoms. The van der Waals surface area contributed by atoms with Crippen molar-refractivity contribution in [2.45, 2.75) is 12.8 Å². The first kappa shape index (κ1) is 14.2. The third-order valence-electron chi connectivity index (χ3n) is 3.34. The number of hydrogen-bond acceptors (Lipinski definition) is 4. The molecule has 1 fully saturated rings. The summed E-state index contributed by atoms with van der Waals surface area (Å²) in [5, 5.41) is 3.15. The highest BCUT2D eigenvalue weighted by Gasteiger charge is 2.24. The molecule has 1 aliphatic heterocycles. The van der Waals surface area contributed by atoms with Gasteiger partial charge in [0, 0.05) is 19.6 Å². The fraction of sp³-hybridized carbons (Fsp3) is 0.583. The second-order valence-electron chi connectivity index (χ2n) is 4.85. The van der Waals surface area contributed by atoms with Gasteiger partial charge in [-0.3, -0.25) is 0 Å². The molecule has 5 nitrogen and oxygen atoms in total. The summed E-state index contributed by atoms with van der Waals surface area (Å²) in [6.07, 6.45) is 4.09. The van der Waals surface area contributed by atoms with Crippen LogP contribution in [0.25, 0.3) is 0 Å². The molecule has 0 atom stereocenters. The summed E-state index contributed by atoms with van der Waals surface area (Å²) >= 11 is 0. The molecule has 0 amide bonds. The molecule has 2 heterocycles. The van der Waals surface area contributed by atoms with Crippen LogP contribution in [-0.2, 0) is 10.0 Å². The van der Waals surface area contributed by atoms with E-state index < -0.39 is 10.0 Å². The lowest BCUT2D eigenvalue weighted by Gasteiger charge is -2.30. The highest BCUT2D eigenvalue weighted by atomic mass is 32.2. The van der Waals surface area contributed by atoms with Gasteiger partial charge in [-0.05, 0) is 30.9 Å². The van der Waals surface area contributed by atoms with E-state index in [0.717, 1.165) is 19.4 Å². The number of sulfonamides is 1. The van der Waals surface area contributed by atoms with Crippen molar-refractivity contribution in [3.05, 3.63) is 24.1 Å². The van der Waals surface area contributed by atoms with Gasteiger partial charge >= 0.3 is 0 Å². The van der Waals surface area contributed by atoms with Gasteiger partial charge in [-0.25, -0.2) is 22.1 Å². The zero-order valence-electron chi connectivity index (χ0n) is 10.8. The standard InChI is InChI=1S/C12H18FN3O2S/c1-19(17,18)16-6-4-10(5-7-16)8-14-12-3-2-11(13)9-15-12/h2-3,9-10H,4-8H2,1H3,(H,14,15). The van der Waals surface area contributed by atoms with Crippen LogP contribution < -0.4 is 5.32 Å². The lowest BCUT2D eigenvalue weighted by atomic mass is 9.98. The van der Waals surface area contributed by atoms with Crippen LogP contribution in [0.1, 0.15) is 12.8 Å². The summed E-state index contributed by atoms with van der Waals surface area (Å²) in [7, 11) is -3.06. The Morgan fingerprint density at radius 3 is 2.63 bits per heavy atom. The Hall–Kier alpha value is -1.21. The first-order valence-corrected chi connectivity index (χ1v) is 8.10. The maximum absolute atomic E-state index is 12.7. The van der Waals surface area contributed by atoms with E-state index in [-0.39, 0.29) is 5.82 Å². The van der Waals surface area contributed by atoms with Crippen molar-refractivity contribution in [1.29, 1.82) is 0 Å². The topological polar surface area (TPSA) is 62.3 Å². The van der Waals surface area contributed by atoms with E-state index in [1.165, 1.54) is 22.8 Å². The molecule has 1 N–H and O–H groups in total. The molecule has 0 bridgehead atoms. The number of piperidine rings is 1. The molecule has 2 rings (SSSR count). The van der Waals surface area contributed by atoms with Crippen molar-refractivity contribution >= 4 is 15.8 Å². The van der Waals surface area contributed by atoms with E-state index in [9.17, 15) is 12.8 Å². The summed E-state index contributed by atoms with van der Waals surface area (Å²) in [6.45, 7) is 1.88. The molecular weight excluding hydrogens is 269 g/mol. The third kappa shape index (κ3) is 4.14. The van der Waals surface area contributed by atoms with Gasteiger partial charge in [0.25, 0.3) is 0 Å². The number of halogens is 1. The van der Waals surface area contributed by atoms with Crippen molar-refractivity contribution in [2.24, 2.45) is 5.92 Å². The van der Waals surface area contributed by atoms with Crippen molar-refractivity contribution in [3.63, 3.8) is 0 Å². The van der Waals surface area contributed by atoms with Gasteiger partial charge in [0.05, 0.1) is 12.5 Å². The molecule has 1 aliphatic rings.